The number of carbonyl (C=O) groups is 1. The summed E-state index contributed by atoms with van der Waals surface area (Å²) in [6.45, 7) is 6.05. The lowest BCUT2D eigenvalue weighted by atomic mass is 10.0. The van der Waals surface area contributed by atoms with Crippen LogP contribution in [0.4, 0.5) is 0 Å². The monoisotopic (exact) mass is 297 g/mol. The molecule has 112 valence electrons. The van der Waals surface area contributed by atoms with Gasteiger partial charge in [-0.3, -0.25) is 4.79 Å². The van der Waals surface area contributed by atoms with Gasteiger partial charge in [0.25, 0.3) is 0 Å². The molecule has 1 amide bonds. The van der Waals surface area contributed by atoms with Crippen molar-refractivity contribution in [2.24, 2.45) is 0 Å². The number of carbonyl (C=O) groups excluding carboxylic acids is 1. The lowest BCUT2D eigenvalue weighted by Gasteiger charge is -2.33. The van der Waals surface area contributed by atoms with E-state index in [2.05, 4.69) is 24.1 Å². The average Bonchev–Trinajstić information content (AvgIpc) is 2.86. The summed E-state index contributed by atoms with van der Waals surface area (Å²) in [7, 11) is 1.56. The van der Waals surface area contributed by atoms with Crippen LogP contribution in [0.2, 0.25) is 0 Å². The van der Waals surface area contributed by atoms with E-state index in [-0.39, 0.29) is 12.5 Å². The molecule has 1 atom stereocenters. The number of aryl methyl sites for hydroxylation is 1. The Hall–Kier alpha value is -0.980. The van der Waals surface area contributed by atoms with Gasteiger partial charge in [-0.15, -0.1) is 11.3 Å². The molecule has 0 aliphatic carbocycles. The summed E-state index contributed by atoms with van der Waals surface area (Å²) in [4.78, 5) is 19.2. The number of ether oxygens (including phenoxy) is 1. The maximum atomic E-state index is 11.7. The first-order valence-corrected chi connectivity index (χ1v) is 7.92. The highest BCUT2D eigenvalue weighted by atomic mass is 32.1. The highest BCUT2D eigenvalue weighted by Crippen LogP contribution is 2.23. The Morgan fingerprint density at radius 3 is 2.85 bits per heavy atom. The molecule has 2 rings (SSSR count). The summed E-state index contributed by atoms with van der Waals surface area (Å²) < 4.78 is 4.90. The van der Waals surface area contributed by atoms with Crippen molar-refractivity contribution in [1.29, 1.82) is 0 Å². The highest BCUT2D eigenvalue weighted by Gasteiger charge is 2.24. The molecule has 1 aromatic heterocycles. The zero-order valence-corrected chi connectivity index (χ0v) is 13.2. The lowest BCUT2D eigenvalue weighted by molar-refractivity contribution is -0.136. The topological polar surface area (TPSA) is 54.5 Å². The molecule has 1 N–H and O–H groups in total. The lowest BCUT2D eigenvalue weighted by Crippen LogP contribution is -2.46. The molecule has 6 heteroatoms. The minimum absolute atomic E-state index is 0.0947. The quantitative estimate of drug-likeness (QED) is 0.899. The zero-order chi connectivity index (χ0) is 14.5. The molecule has 0 aromatic carbocycles. The molecule has 20 heavy (non-hydrogen) atoms. The molecule has 2 heterocycles. The molecule has 1 saturated heterocycles. The van der Waals surface area contributed by atoms with Crippen molar-refractivity contribution in [2.75, 3.05) is 26.8 Å². The van der Waals surface area contributed by atoms with Gasteiger partial charge in [0.15, 0.2) is 0 Å². The van der Waals surface area contributed by atoms with Gasteiger partial charge in [0, 0.05) is 37.2 Å². The number of piperidine rings is 1. The third kappa shape index (κ3) is 3.77. The number of nitrogens with one attached hydrogen (secondary N) is 1. The Morgan fingerprint density at radius 1 is 1.60 bits per heavy atom. The van der Waals surface area contributed by atoms with Gasteiger partial charge in [-0.1, -0.05) is 0 Å². The maximum Gasteiger partial charge on any atom is 0.248 e. The Morgan fingerprint density at radius 2 is 2.30 bits per heavy atom. The molecular formula is C14H23N3O2S. The molecule has 1 unspecified atom stereocenters. The average molecular weight is 297 g/mol. The summed E-state index contributed by atoms with van der Waals surface area (Å²) in [6, 6.07) is 0.798. The molecule has 1 aliphatic rings. The standard InChI is InChI=1S/C14H23N3O2S/c1-10-14(20-9-15-10)11(2)16-12-4-6-17(7-5-12)13(18)8-19-3/h9,11-12,16H,4-8H2,1-3H3. The number of amides is 1. The van der Waals surface area contributed by atoms with E-state index in [1.54, 1.807) is 18.4 Å². The molecule has 0 radical (unpaired) electrons. The Kier molecular flexibility index (Phi) is 5.51. The molecule has 5 nitrogen and oxygen atoms in total. The first kappa shape index (κ1) is 15.4. The highest BCUT2D eigenvalue weighted by molar-refractivity contribution is 7.09. The second kappa shape index (κ2) is 7.15. The molecule has 1 aromatic rings. The fraction of sp³-hybridized carbons (Fsp3) is 0.714. The fourth-order valence-electron chi connectivity index (χ4n) is 2.67. The van der Waals surface area contributed by atoms with E-state index >= 15 is 0 Å². The van der Waals surface area contributed by atoms with E-state index in [4.69, 9.17) is 4.74 Å². The number of hydrogen-bond acceptors (Lipinski definition) is 5. The summed E-state index contributed by atoms with van der Waals surface area (Å²) in [5, 5.41) is 3.65. The smallest absolute Gasteiger partial charge is 0.248 e. The third-order valence-corrected chi connectivity index (χ3v) is 4.89. The predicted molar refractivity (Wildman–Crippen MR) is 79.9 cm³/mol. The summed E-state index contributed by atoms with van der Waals surface area (Å²) in [6.07, 6.45) is 2.00. The number of aromatic nitrogens is 1. The van der Waals surface area contributed by atoms with Gasteiger partial charge >= 0.3 is 0 Å². The Labute approximate surface area is 124 Å². The van der Waals surface area contributed by atoms with E-state index < -0.39 is 0 Å². The molecule has 1 fully saturated rings. The number of likely N-dealkylation sites (tertiary alicyclic amines) is 1. The van der Waals surface area contributed by atoms with Crippen LogP contribution in [0.3, 0.4) is 0 Å². The largest absolute Gasteiger partial charge is 0.375 e. The van der Waals surface area contributed by atoms with Crippen molar-refractivity contribution in [3.8, 4) is 0 Å². The van der Waals surface area contributed by atoms with Crippen LogP contribution in [0.15, 0.2) is 5.51 Å². The van der Waals surface area contributed by atoms with Gasteiger partial charge in [-0.25, -0.2) is 4.98 Å². The van der Waals surface area contributed by atoms with Crippen molar-refractivity contribution in [3.63, 3.8) is 0 Å². The summed E-state index contributed by atoms with van der Waals surface area (Å²) in [5.74, 6) is 0.0947. The molecule has 0 saturated carbocycles. The maximum absolute atomic E-state index is 11.7. The van der Waals surface area contributed by atoms with Gasteiger partial charge < -0.3 is 15.0 Å². The Bertz CT molecular complexity index is 441. The minimum atomic E-state index is 0.0947. The van der Waals surface area contributed by atoms with Crippen LogP contribution >= 0.6 is 11.3 Å². The molecular weight excluding hydrogens is 274 g/mol. The van der Waals surface area contributed by atoms with E-state index in [1.165, 1.54) is 4.88 Å². The van der Waals surface area contributed by atoms with E-state index in [1.807, 2.05) is 10.4 Å². The summed E-state index contributed by atoms with van der Waals surface area (Å²) in [5.41, 5.74) is 3.01. The number of thiazole rings is 1. The van der Waals surface area contributed by atoms with Crippen molar-refractivity contribution in [3.05, 3.63) is 16.1 Å². The fourth-order valence-corrected chi connectivity index (χ4v) is 3.49. The first-order valence-electron chi connectivity index (χ1n) is 7.04. The van der Waals surface area contributed by atoms with E-state index in [0.717, 1.165) is 31.6 Å². The molecule has 1 aliphatic heterocycles. The second-order valence-corrected chi connectivity index (χ2v) is 6.16. The molecule has 0 spiro atoms. The van der Waals surface area contributed by atoms with E-state index in [9.17, 15) is 4.79 Å². The van der Waals surface area contributed by atoms with Crippen molar-refractivity contribution < 1.29 is 9.53 Å². The normalized spacial score (nSPS) is 18.2. The van der Waals surface area contributed by atoms with Gasteiger partial charge in [-0.2, -0.15) is 0 Å². The van der Waals surface area contributed by atoms with Gasteiger partial charge in [0.2, 0.25) is 5.91 Å². The predicted octanol–water partition coefficient (Wildman–Crippen LogP) is 1.74. The van der Waals surface area contributed by atoms with Crippen LogP contribution in [0.5, 0.6) is 0 Å². The number of nitrogens with zero attached hydrogens (tertiary/aromatic N) is 2. The van der Waals surface area contributed by atoms with Crippen LogP contribution < -0.4 is 5.32 Å². The van der Waals surface area contributed by atoms with Crippen LogP contribution in [0, 0.1) is 6.92 Å². The van der Waals surface area contributed by atoms with Crippen LogP contribution in [0.25, 0.3) is 0 Å². The second-order valence-electron chi connectivity index (χ2n) is 5.28. The van der Waals surface area contributed by atoms with Crippen LogP contribution in [-0.2, 0) is 9.53 Å². The van der Waals surface area contributed by atoms with Crippen LogP contribution in [-0.4, -0.2) is 48.6 Å². The van der Waals surface area contributed by atoms with Crippen LogP contribution in [0.1, 0.15) is 36.4 Å². The SMILES string of the molecule is COCC(=O)N1CCC(NC(C)c2scnc2C)CC1. The molecule has 0 bridgehead atoms. The van der Waals surface area contributed by atoms with E-state index in [0.29, 0.717) is 12.1 Å². The number of methoxy groups -OCH3 is 1. The summed E-state index contributed by atoms with van der Waals surface area (Å²) >= 11 is 1.70. The van der Waals surface area contributed by atoms with Crippen molar-refractivity contribution >= 4 is 17.2 Å². The van der Waals surface area contributed by atoms with Gasteiger partial charge in [0.1, 0.15) is 6.61 Å². The number of rotatable bonds is 5. The van der Waals surface area contributed by atoms with Crippen molar-refractivity contribution in [1.82, 2.24) is 15.2 Å². The third-order valence-electron chi connectivity index (χ3n) is 3.78. The first-order chi connectivity index (χ1) is 9.61. The minimum Gasteiger partial charge on any atom is -0.375 e. The van der Waals surface area contributed by atoms with Gasteiger partial charge in [-0.05, 0) is 26.7 Å². The Balaban J connectivity index is 1.80. The zero-order valence-electron chi connectivity index (χ0n) is 12.4. The van der Waals surface area contributed by atoms with Crippen molar-refractivity contribution in [2.45, 2.75) is 38.8 Å². The van der Waals surface area contributed by atoms with Gasteiger partial charge in [0.05, 0.1) is 11.2 Å². The number of hydrogen-bond donors (Lipinski definition) is 1.